The number of rotatable bonds is 3. The Morgan fingerprint density at radius 3 is 3.24 bits per heavy atom. The second-order valence-corrected chi connectivity index (χ2v) is 6.91. The molecule has 0 bridgehead atoms. The lowest BCUT2D eigenvalue weighted by atomic mass is 9.97. The van der Waals surface area contributed by atoms with E-state index in [1.54, 1.807) is 11.3 Å². The standard InChI is InChI=1S/C17H20N2OS/c1-2-15-9-18-5-3-13(15)8-14(1)16-11-21-17(19-16)7-12-4-6-20-10-12/h1-2,8,11-12,18H,3-7,9-10H2. The summed E-state index contributed by atoms with van der Waals surface area (Å²) < 4.78 is 5.45. The normalized spacial score (nSPS) is 21.4. The summed E-state index contributed by atoms with van der Waals surface area (Å²) in [7, 11) is 0. The molecule has 1 fully saturated rings. The van der Waals surface area contributed by atoms with Gasteiger partial charge in [-0.05, 0) is 42.5 Å². The Balaban J connectivity index is 1.54. The van der Waals surface area contributed by atoms with Crippen LogP contribution in [-0.4, -0.2) is 24.7 Å². The van der Waals surface area contributed by atoms with Crippen LogP contribution in [0.25, 0.3) is 11.3 Å². The molecule has 0 aliphatic carbocycles. The number of hydrogen-bond donors (Lipinski definition) is 1. The van der Waals surface area contributed by atoms with Gasteiger partial charge in [-0.1, -0.05) is 12.1 Å². The molecule has 1 atom stereocenters. The SMILES string of the molecule is c1cc2c(cc1-c1csc(CC3CCOC3)n1)CCNC2. The van der Waals surface area contributed by atoms with E-state index < -0.39 is 0 Å². The average Bonchev–Trinajstić information content (AvgIpc) is 3.19. The summed E-state index contributed by atoms with van der Waals surface area (Å²) in [5.74, 6) is 0.665. The van der Waals surface area contributed by atoms with Crippen LogP contribution in [0.1, 0.15) is 22.6 Å². The summed E-state index contributed by atoms with van der Waals surface area (Å²) in [6.45, 7) is 3.91. The van der Waals surface area contributed by atoms with Gasteiger partial charge in [-0.3, -0.25) is 0 Å². The van der Waals surface area contributed by atoms with Gasteiger partial charge in [0.05, 0.1) is 10.7 Å². The Morgan fingerprint density at radius 1 is 1.33 bits per heavy atom. The third-order valence-electron chi connectivity index (χ3n) is 4.43. The smallest absolute Gasteiger partial charge is 0.0936 e. The predicted octanol–water partition coefficient (Wildman–Crippen LogP) is 3.03. The Morgan fingerprint density at radius 2 is 2.33 bits per heavy atom. The van der Waals surface area contributed by atoms with E-state index in [0.29, 0.717) is 5.92 Å². The van der Waals surface area contributed by atoms with E-state index >= 15 is 0 Å². The summed E-state index contributed by atoms with van der Waals surface area (Å²) in [6.07, 6.45) is 3.37. The molecule has 21 heavy (non-hydrogen) atoms. The minimum absolute atomic E-state index is 0.665. The third kappa shape index (κ3) is 2.89. The molecule has 2 aliphatic heterocycles. The van der Waals surface area contributed by atoms with Crippen LogP contribution in [0.4, 0.5) is 0 Å². The van der Waals surface area contributed by atoms with Crippen LogP contribution in [-0.2, 0) is 24.1 Å². The summed E-state index contributed by atoms with van der Waals surface area (Å²) >= 11 is 1.79. The first kappa shape index (κ1) is 13.4. The maximum absolute atomic E-state index is 5.45. The summed E-state index contributed by atoms with van der Waals surface area (Å²) in [5, 5.41) is 6.87. The molecular formula is C17H20N2OS. The molecule has 0 saturated carbocycles. The van der Waals surface area contributed by atoms with Crippen LogP contribution >= 0.6 is 11.3 Å². The first-order valence-electron chi connectivity index (χ1n) is 7.73. The highest BCUT2D eigenvalue weighted by Gasteiger charge is 2.18. The van der Waals surface area contributed by atoms with Gasteiger partial charge in [0.25, 0.3) is 0 Å². The second kappa shape index (κ2) is 5.87. The Bertz CT molecular complexity index is 631. The monoisotopic (exact) mass is 300 g/mol. The highest BCUT2D eigenvalue weighted by molar-refractivity contribution is 7.09. The molecule has 3 nitrogen and oxygen atoms in total. The van der Waals surface area contributed by atoms with Crippen molar-refractivity contribution in [3.8, 4) is 11.3 Å². The lowest BCUT2D eigenvalue weighted by Crippen LogP contribution is -2.23. The highest BCUT2D eigenvalue weighted by atomic mass is 32.1. The van der Waals surface area contributed by atoms with E-state index in [2.05, 4.69) is 28.9 Å². The van der Waals surface area contributed by atoms with Crippen molar-refractivity contribution in [1.29, 1.82) is 0 Å². The van der Waals surface area contributed by atoms with E-state index in [1.165, 1.54) is 28.1 Å². The van der Waals surface area contributed by atoms with E-state index in [1.807, 2.05) is 0 Å². The molecular weight excluding hydrogens is 280 g/mol. The molecule has 110 valence electrons. The average molecular weight is 300 g/mol. The molecule has 2 aliphatic rings. The Kier molecular flexibility index (Phi) is 3.76. The molecule has 1 saturated heterocycles. The number of nitrogens with zero attached hydrogens (tertiary/aromatic N) is 1. The van der Waals surface area contributed by atoms with E-state index in [4.69, 9.17) is 9.72 Å². The van der Waals surface area contributed by atoms with Crippen molar-refractivity contribution in [3.63, 3.8) is 0 Å². The van der Waals surface area contributed by atoms with Crippen LogP contribution in [0, 0.1) is 5.92 Å². The van der Waals surface area contributed by atoms with Crippen molar-refractivity contribution in [2.24, 2.45) is 5.92 Å². The maximum atomic E-state index is 5.45. The molecule has 4 heteroatoms. The van der Waals surface area contributed by atoms with Gasteiger partial charge in [0.2, 0.25) is 0 Å². The number of benzene rings is 1. The molecule has 1 aromatic heterocycles. The van der Waals surface area contributed by atoms with Gasteiger partial charge in [0.1, 0.15) is 0 Å². The Labute approximate surface area is 129 Å². The minimum Gasteiger partial charge on any atom is -0.381 e. The fraction of sp³-hybridized carbons (Fsp3) is 0.471. The van der Waals surface area contributed by atoms with Crippen LogP contribution in [0.2, 0.25) is 0 Å². The zero-order valence-electron chi connectivity index (χ0n) is 12.1. The number of ether oxygens (including phenoxy) is 1. The first-order valence-corrected chi connectivity index (χ1v) is 8.61. The third-order valence-corrected chi connectivity index (χ3v) is 5.30. The van der Waals surface area contributed by atoms with Crippen LogP contribution in [0.5, 0.6) is 0 Å². The zero-order valence-corrected chi connectivity index (χ0v) is 12.9. The largest absolute Gasteiger partial charge is 0.381 e. The quantitative estimate of drug-likeness (QED) is 0.946. The molecule has 1 unspecified atom stereocenters. The lowest BCUT2D eigenvalue weighted by Gasteiger charge is -2.17. The van der Waals surface area contributed by atoms with Gasteiger partial charge in [0.15, 0.2) is 0 Å². The molecule has 2 aromatic rings. The van der Waals surface area contributed by atoms with Crippen LogP contribution in [0.3, 0.4) is 0 Å². The van der Waals surface area contributed by atoms with Gasteiger partial charge in [-0.2, -0.15) is 0 Å². The van der Waals surface area contributed by atoms with Gasteiger partial charge in [0, 0.05) is 37.1 Å². The molecule has 0 amide bonds. The molecule has 0 spiro atoms. The number of fused-ring (bicyclic) bond motifs is 1. The zero-order chi connectivity index (χ0) is 14.1. The minimum atomic E-state index is 0.665. The second-order valence-electron chi connectivity index (χ2n) is 5.97. The van der Waals surface area contributed by atoms with E-state index in [9.17, 15) is 0 Å². The first-order chi connectivity index (χ1) is 10.4. The Hall–Kier alpha value is -1.23. The van der Waals surface area contributed by atoms with Crippen molar-refractivity contribution >= 4 is 11.3 Å². The summed E-state index contributed by atoms with van der Waals surface area (Å²) in [6, 6.07) is 6.79. The van der Waals surface area contributed by atoms with Crippen molar-refractivity contribution in [1.82, 2.24) is 10.3 Å². The van der Waals surface area contributed by atoms with E-state index in [0.717, 1.165) is 44.8 Å². The summed E-state index contributed by atoms with van der Waals surface area (Å²) in [5.41, 5.74) is 5.31. The number of nitrogens with one attached hydrogen (secondary N) is 1. The molecule has 1 aromatic carbocycles. The summed E-state index contributed by atoms with van der Waals surface area (Å²) in [4.78, 5) is 4.84. The van der Waals surface area contributed by atoms with Gasteiger partial charge < -0.3 is 10.1 Å². The fourth-order valence-electron chi connectivity index (χ4n) is 3.17. The molecule has 0 radical (unpaired) electrons. The molecule has 4 rings (SSSR count). The highest BCUT2D eigenvalue weighted by Crippen LogP contribution is 2.28. The molecule has 3 heterocycles. The van der Waals surface area contributed by atoms with Crippen LogP contribution < -0.4 is 5.32 Å². The van der Waals surface area contributed by atoms with Crippen molar-refractivity contribution in [2.75, 3.05) is 19.8 Å². The van der Waals surface area contributed by atoms with Crippen LogP contribution in [0.15, 0.2) is 23.6 Å². The molecule has 1 N–H and O–H groups in total. The topological polar surface area (TPSA) is 34.1 Å². The van der Waals surface area contributed by atoms with Crippen molar-refractivity contribution < 1.29 is 4.74 Å². The van der Waals surface area contributed by atoms with Crippen molar-refractivity contribution in [3.05, 3.63) is 39.7 Å². The fourth-order valence-corrected chi connectivity index (χ4v) is 4.08. The number of aromatic nitrogens is 1. The van der Waals surface area contributed by atoms with Crippen molar-refractivity contribution in [2.45, 2.75) is 25.8 Å². The lowest BCUT2D eigenvalue weighted by molar-refractivity contribution is 0.186. The van der Waals surface area contributed by atoms with E-state index in [-0.39, 0.29) is 0 Å². The maximum Gasteiger partial charge on any atom is 0.0936 e. The number of hydrogen-bond acceptors (Lipinski definition) is 4. The van der Waals surface area contributed by atoms with Gasteiger partial charge in [-0.25, -0.2) is 4.98 Å². The predicted molar refractivity (Wildman–Crippen MR) is 85.6 cm³/mol. The number of thiazole rings is 1. The van der Waals surface area contributed by atoms with Gasteiger partial charge >= 0.3 is 0 Å². The van der Waals surface area contributed by atoms with Gasteiger partial charge in [-0.15, -0.1) is 11.3 Å².